The number of nitrogens with one attached hydrogen (secondary N) is 1. The van der Waals surface area contributed by atoms with Gasteiger partial charge in [-0.25, -0.2) is 0 Å². The van der Waals surface area contributed by atoms with Gasteiger partial charge in [0.05, 0.1) is 6.04 Å². The van der Waals surface area contributed by atoms with Crippen molar-refractivity contribution >= 4 is 5.69 Å². The summed E-state index contributed by atoms with van der Waals surface area (Å²) in [6.45, 7) is 1.07. The number of rotatable bonds is 5. The number of nitrogens with two attached hydrogens (primary N) is 1. The molecule has 1 heterocycles. The van der Waals surface area contributed by atoms with Gasteiger partial charge in [0.15, 0.2) is 0 Å². The van der Waals surface area contributed by atoms with E-state index in [1.54, 1.807) is 0 Å². The van der Waals surface area contributed by atoms with Crippen molar-refractivity contribution in [2.75, 3.05) is 12.3 Å². The molecule has 0 saturated heterocycles. The Hall–Kier alpha value is -1.87. The highest BCUT2D eigenvalue weighted by molar-refractivity contribution is 5.44. The van der Waals surface area contributed by atoms with Crippen LogP contribution in [0, 0.1) is 5.92 Å². The van der Waals surface area contributed by atoms with Crippen molar-refractivity contribution in [3.8, 4) is 0 Å². The summed E-state index contributed by atoms with van der Waals surface area (Å²) in [5.74, 6) is 0.852. The van der Waals surface area contributed by atoms with Crippen molar-refractivity contribution in [3.63, 3.8) is 0 Å². The van der Waals surface area contributed by atoms with Gasteiger partial charge in [-0.15, -0.1) is 0 Å². The third-order valence-corrected chi connectivity index (χ3v) is 3.59. The lowest BCUT2D eigenvalue weighted by molar-refractivity contribution is 0.573. The zero-order chi connectivity index (χ0) is 13.1. The molecule has 0 amide bonds. The molecule has 0 bridgehead atoms. The number of anilines is 1. The Morgan fingerprint density at radius 2 is 1.95 bits per heavy atom. The zero-order valence-corrected chi connectivity index (χ0v) is 10.9. The van der Waals surface area contributed by atoms with Crippen molar-refractivity contribution < 1.29 is 0 Å². The lowest BCUT2D eigenvalue weighted by Crippen LogP contribution is -2.24. The van der Waals surface area contributed by atoms with Crippen molar-refractivity contribution in [1.29, 1.82) is 0 Å². The number of nitrogen functional groups attached to an aromatic ring is 1. The van der Waals surface area contributed by atoms with Gasteiger partial charge in [0, 0.05) is 18.1 Å². The molecule has 1 saturated carbocycles. The summed E-state index contributed by atoms with van der Waals surface area (Å²) < 4.78 is 0. The van der Waals surface area contributed by atoms with Crippen LogP contribution in [0.1, 0.15) is 30.0 Å². The molecular weight excluding hydrogens is 234 g/mol. The smallest absolute Gasteiger partial charge is 0.0578 e. The Morgan fingerprint density at radius 1 is 1.16 bits per heavy atom. The molecule has 3 N–H and O–H groups in total. The predicted molar refractivity (Wildman–Crippen MR) is 77.7 cm³/mol. The second kappa shape index (κ2) is 5.41. The van der Waals surface area contributed by atoms with E-state index < -0.39 is 0 Å². The summed E-state index contributed by atoms with van der Waals surface area (Å²) in [7, 11) is 0. The Bertz CT molecular complexity index is 535. The van der Waals surface area contributed by atoms with Crippen LogP contribution in [-0.2, 0) is 0 Å². The molecule has 1 atom stereocenters. The van der Waals surface area contributed by atoms with Gasteiger partial charge in [0.25, 0.3) is 0 Å². The van der Waals surface area contributed by atoms with E-state index in [0.717, 1.165) is 18.2 Å². The molecule has 1 aromatic heterocycles. The highest BCUT2D eigenvalue weighted by atomic mass is 14.9. The zero-order valence-electron chi connectivity index (χ0n) is 10.9. The molecule has 3 nitrogen and oxygen atoms in total. The largest absolute Gasteiger partial charge is 0.399 e. The number of hydrogen-bond donors (Lipinski definition) is 2. The maximum atomic E-state index is 5.90. The average molecular weight is 253 g/mol. The number of nitrogens with zero attached hydrogens (tertiary/aromatic N) is 1. The molecule has 1 unspecified atom stereocenters. The summed E-state index contributed by atoms with van der Waals surface area (Å²) in [5.41, 5.74) is 9.16. The van der Waals surface area contributed by atoms with Crippen LogP contribution in [0.2, 0.25) is 0 Å². The van der Waals surface area contributed by atoms with E-state index in [4.69, 9.17) is 5.73 Å². The quantitative estimate of drug-likeness (QED) is 0.806. The minimum absolute atomic E-state index is 0.201. The van der Waals surface area contributed by atoms with Crippen LogP contribution in [-0.4, -0.2) is 11.5 Å². The molecule has 1 fully saturated rings. The lowest BCUT2D eigenvalue weighted by atomic mass is 9.99. The van der Waals surface area contributed by atoms with Crippen molar-refractivity contribution in [2.24, 2.45) is 5.92 Å². The van der Waals surface area contributed by atoms with Gasteiger partial charge in [0.2, 0.25) is 0 Å². The van der Waals surface area contributed by atoms with E-state index in [0.29, 0.717) is 0 Å². The van der Waals surface area contributed by atoms with E-state index in [1.165, 1.54) is 24.0 Å². The van der Waals surface area contributed by atoms with Crippen LogP contribution < -0.4 is 11.1 Å². The number of hydrogen-bond acceptors (Lipinski definition) is 3. The molecule has 3 heteroatoms. The van der Waals surface area contributed by atoms with E-state index in [2.05, 4.69) is 28.5 Å². The highest BCUT2D eigenvalue weighted by Crippen LogP contribution is 2.30. The molecule has 0 aliphatic heterocycles. The van der Waals surface area contributed by atoms with Crippen LogP contribution in [0.4, 0.5) is 5.69 Å². The molecule has 19 heavy (non-hydrogen) atoms. The van der Waals surface area contributed by atoms with Gasteiger partial charge in [-0.05, 0) is 60.7 Å². The van der Waals surface area contributed by atoms with Crippen molar-refractivity contribution in [3.05, 3.63) is 59.9 Å². The van der Waals surface area contributed by atoms with Gasteiger partial charge < -0.3 is 11.1 Å². The van der Waals surface area contributed by atoms with Crippen LogP contribution >= 0.6 is 0 Å². The minimum atomic E-state index is 0.201. The first kappa shape index (κ1) is 12.2. The first-order valence-corrected chi connectivity index (χ1v) is 6.81. The number of pyridine rings is 1. The summed E-state index contributed by atoms with van der Waals surface area (Å²) in [6.07, 6.45) is 6.39. The van der Waals surface area contributed by atoms with E-state index in [9.17, 15) is 0 Å². The second-order valence-corrected chi connectivity index (χ2v) is 5.24. The minimum Gasteiger partial charge on any atom is -0.399 e. The maximum Gasteiger partial charge on any atom is 0.0578 e. The van der Waals surface area contributed by atoms with Gasteiger partial charge in [0.1, 0.15) is 0 Å². The van der Waals surface area contributed by atoms with Gasteiger partial charge >= 0.3 is 0 Å². The second-order valence-electron chi connectivity index (χ2n) is 5.24. The molecule has 0 radical (unpaired) electrons. The Balaban J connectivity index is 1.86. The average Bonchev–Trinajstić information content (AvgIpc) is 3.25. The van der Waals surface area contributed by atoms with Gasteiger partial charge in [-0.2, -0.15) is 0 Å². The van der Waals surface area contributed by atoms with Gasteiger partial charge in [-0.3, -0.25) is 4.98 Å². The first-order chi connectivity index (χ1) is 9.33. The Morgan fingerprint density at radius 3 is 2.63 bits per heavy atom. The predicted octanol–water partition coefficient (Wildman–Crippen LogP) is 2.75. The first-order valence-electron chi connectivity index (χ1n) is 6.81. The van der Waals surface area contributed by atoms with Crippen LogP contribution in [0.25, 0.3) is 0 Å². The monoisotopic (exact) mass is 253 g/mol. The third kappa shape index (κ3) is 3.12. The lowest BCUT2D eigenvalue weighted by Gasteiger charge is -2.20. The standard InChI is InChI=1S/C16H19N3/c17-15-3-1-2-14(10-15)16(19-11-12-4-5-12)13-6-8-18-9-7-13/h1-3,6-10,12,16,19H,4-5,11,17H2. The molecule has 98 valence electrons. The van der Waals surface area contributed by atoms with Crippen LogP contribution in [0.15, 0.2) is 48.8 Å². The third-order valence-electron chi connectivity index (χ3n) is 3.59. The highest BCUT2D eigenvalue weighted by Gasteiger charge is 2.23. The van der Waals surface area contributed by atoms with E-state index in [1.807, 2.05) is 30.6 Å². The number of aromatic nitrogens is 1. The fourth-order valence-electron chi connectivity index (χ4n) is 2.33. The molecule has 1 aliphatic carbocycles. The van der Waals surface area contributed by atoms with Crippen molar-refractivity contribution in [2.45, 2.75) is 18.9 Å². The molecular formula is C16H19N3. The fourth-order valence-corrected chi connectivity index (χ4v) is 2.33. The molecule has 0 spiro atoms. The summed E-state index contributed by atoms with van der Waals surface area (Å²) in [4.78, 5) is 4.09. The topological polar surface area (TPSA) is 50.9 Å². The van der Waals surface area contributed by atoms with Crippen LogP contribution in [0.5, 0.6) is 0 Å². The molecule has 1 aliphatic rings. The summed E-state index contributed by atoms with van der Waals surface area (Å²) >= 11 is 0. The van der Waals surface area contributed by atoms with E-state index in [-0.39, 0.29) is 6.04 Å². The number of benzene rings is 1. The fraction of sp³-hybridized carbons (Fsp3) is 0.312. The Kier molecular flexibility index (Phi) is 3.47. The molecule has 1 aromatic carbocycles. The summed E-state index contributed by atoms with van der Waals surface area (Å²) in [5, 5.41) is 3.66. The molecule has 3 rings (SSSR count). The van der Waals surface area contributed by atoms with Crippen LogP contribution in [0.3, 0.4) is 0 Å². The summed E-state index contributed by atoms with van der Waals surface area (Å²) in [6, 6.07) is 12.4. The SMILES string of the molecule is Nc1cccc(C(NCC2CC2)c2ccncc2)c1. The molecule has 2 aromatic rings. The van der Waals surface area contributed by atoms with E-state index >= 15 is 0 Å². The van der Waals surface area contributed by atoms with Crippen molar-refractivity contribution in [1.82, 2.24) is 10.3 Å². The normalized spacial score (nSPS) is 16.2. The van der Waals surface area contributed by atoms with Gasteiger partial charge in [-0.1, -0.05) is 12.1 Å². The maximum absolute atomic E-state index is 5.90. The Labute approximate surface area is 113 Å².